The summed E-state index contributed by atoms with van der Waals surface area (Å²) in [5.41, 5.74) is 2.17. The number of nitrogens with zero attached hydrogens (tertiary/aromatic N) is 5. The summed E-state index contributed by atoms with van der Waals surface area (Å²) < 4.78 is 41.5. The van der Waals surface area contributed by atoms with Gasteiger partial charge < -0.3 is 4.90 Å². The van der Waals surface area contributed by atoms with Crippen LogP contribution in [-0.2, 0) is 17.9 Å². The van der Waals surface area contributed by atoms with E-state index in [1.54, 1.807) is 0 Å². The van der Waals surface area contributed by atoms with Crippen LogP contribution in [0.1, 0.15) is 61.7 Å². The Labute approximate surface area is 206 Å². The number of hydrogen-bond donors (Lipinski definition) is 0. The van der Waals surface area contributed by atoms with Crippen LogP contribution in [0.4, 0.5) is 13.2 Å². The quantitative estimate of drug-likeness (QED) is 0.607. The Morgan fingerprint density at radius 2 is 1.83 bits per heavy atom. The minimum atomic E-state index is -4.13. The van der Waals surface area contributed by atoms with Crippen molar-refractivity contribution in [2.75, 3.05) is 13.1 Å². The summed E-state index contributed by atoms with van der Waals surface area (Å²) >= 11 is 6.32. The third-order valence-corrected chi connectivity index (χ3v) is 9.10. The Balaban J connectivity index is 1.12. The fraction of sp³-hybridized carbons (Fsp3) is 0.640. The number of alkyl halides is 3. The summed E-state index contributed by atoms with van der Waals surface area (Å²) in [6, 6.07) is 5.61. The molecule has 10 heteroatoms. The Hall–Kier alpha value is -2.13. The first-order chi connectivity index (χ1) is 16.7. The van der Waals surface area contributed by atoms with Crippen molar-refractivity contribution in [1.82, 2.24) is 24.6 Å². The molecule has 3 aliphatic carbocycles. The van der Waals surface area contributed by atoms with Crippen molar-refractivity contribution in [3.05, 3.63) is 40.4 Å². The number of aromatic nitrogens is 3. The number of hydrogen-bond acceptors (Lipinski definition) is 4. The van der Waals surface area contributed by atoms with E-state index in [1.807, 2.05) is 23.1 Å². The maximum Gasteiger partial charge on any atom is 0.391 e. The summed E-state index contributed by atoms with van der Waals surface area (Å²) in [6.45, 7) is 2.71. The molecule has 0 radical (unpaired) electrons. The van der Waals surface area contributed by atoms with Crippen LogP contribution in [0, 0.1) is 17.3 Å². The van der Waals surface area contributed by atoms with Gasteiger partial charge >= 0.3 is 6.18 Å². The van der Waals surface area contributed by atoms with Gasteiger partial charge in [-0.2, -0.15) is 13.2 Å². The van der Waals surface area contributed by atoms with Crippen LogP contribution >= 0.6 is 11.6 Å². The first-order valence-electron chi connectivity index (χ1n) is 12.5. The lowest BCUT2D eigenvalue weighted by Crippen LogP contribution is -2.63. The second-order valence-electron chi connectivity index (χ2n) is 11.4. The molecule has 1 saturated heterocycles. The summed E-state index contributed by atoms with van der Waals surface area (Å²) in [7, 11) is 0. The van der Waals surface area contributed by atoms with E-state index in [0.717, 1.165) is 61.7 Å². The van der Waals surface area contributed by atoms with Crippen molar-refractivity contribution in [2.24, 2.45) is 17.3 Å². The zero-order valence-electron chi connectivity index (χ0n) is 19.3. The molecule has 1 spiro atoms. The topological polar surface area (TPSA) is 54.3 Å². The Morgan fingerprint density at radius 1 is 1.09 bits per heavy atom. The summed E-state index contributed by atoms with van der Waals surface area (Å²) in [4.78, 5) is 16.4. The van der Waals surface area contributed by atoms with Gasteiger partial charge in [0.05, 0.1) is 18.2 Å². The lowest BCUT2D eigenvalue weighted by Gasteiger charge is -2.58. The van der Waals surface area contributed by atoms with E-state index in [4.69, 9.17) is 11.6 Å². The van der Waals surface area contributed by atoms with E-state index in [2.05, 4.69) is 19.7 Å². The number of amides is 1. The lowest BCUT2D eigenvalue weighted by molar-refractivity contribution is -0.207. The molecular formula is C25H27ClF3N5O. The van der Waals surface area contributed by atoms with Crippen LogP contribution in [-0.4, -0.2) is 55.8 Å². The van der Waals surface area contributed by atoms with Gasteiger partial charge in [0.25, 0.3) is 0 Å². The largest absolute Gasteiger partial charge is 0.391 e. The molecule has 3 saturated carbocycles. The summed E-state index contributed by atoms with van der Waals surface area (Å²) in [5.74, 6) is 1.33. The molecule has 186 valence electrons. The van der Waals surface area contributed by atoms with Gasteiger partial charge in [-0.15, -0.1) is 10.2 Å². The van der Waals surface area contributed by atoms with Crippen LogP contribution in [0.5, 0.6) is 0 Å². The molecule has 1 amide bonds. The minimum absolute atomic E-state index is 0.127. The van der Waals surface area contributed by atoms with Gasteiger partial charge in [0.15, 0.2) is 5.82 Å². The van der Waals surface area contributed by atoms with E-state index in [1.165, 1.54) is 0 Å². The third kappa shape index (κ3) is 3.60. The summed E-state index contributed by atoms with van der Waals surface area (Å²) in [6.07, 6.45) is 0.175. The van der Waals surface area contributed by atoms with Gasteiger partial charge in [-0.25, -0.2) is 0 Å². The monoisotopic (exact) mass is 505 g/mol. The zero-order valence-corrected chi connectivity index (χ0v) is 20.0. The number of carbonyl (C=O) groups excluding carboxylic acids is 1. The molecule has 1 aromatic carbocycles. The Kier molecular flexibility index (Phi) is 4.70. The maximum atomic E-state index is 13.1. The van der Waals surface area contributed by atoms with Crippen molar-refractivity contribution in [3.8, 4) is 5.69 Å². The van der Waals surface area contributed by atoms with E-state index >= 15 is 0 Å². The lowest BCUT2D eigenvalue weighted by atomic mass is 9.57. The first kappa shape index (κ1) is 22.1. The van der Waals surface area contributed by atoms with Crippen molar-refractivity contribution in [3.63, 3.8) is 0 Å². The standard InChI is InChI=1S/C25H27ClF3N5O/c26-18-3-4-20-15(5-18)10-32(19-6-17(7-19)25(27,28)29)11-21-30-31-22(34(20)21)16-8-24(9-16)12-33(13-24)23(35)14-1-2-14/h3-5,14,16-17,19H,1-2,6-13H2. The van der Waals surface area contributed by atoms with Crippen LogP contribution in [0.25, 0.3) is 5.69 Å². The highest BCUT2D eigenvalue weighted by atomic mass is 35.5. The molecule has 7 rings (SSSR count). The fourth-order valence-corrected chi connectivity index (χ4v) is 6.86. The van der Waals surface area contributed by atoms with Gasteiger partial charge in [-0.05, 0) is 62.3 Å². The number of fused-ring (bicyclic) bond motifs is 3. The first-order valence-corrected chi connectivity index (χ1v) is 12.9. The predicted octanol–water partition coefficient (Wildman–Crippen LogP) is 4.69. The predicted molar refractivity (Wildman–Crippen MR) is 122 cm³/mol. The zero-order chi connectivity index (χ0) is 24.1. The second-order valence-corrected chi connectivity index (χ2v) is 11.9. The molecular weight excluding hydrogens is 479 g/mol. The molecule has 35 heavy (non-hydrogen) atoms. The second kappa shape index (κ2) is 7.44. The minimum Gasteiger partial charge on any atom is -0.341 e. The number of halogens is 4. The molecule has 0 N–H and O–H groups in total. The van der Waals surface area contributed by atoms with E-state index in [0.29, 0.717) is 24.0 Å². The fourth-order valence-electron chi connectivity index (χ4n) is 6.66. The normalized spacial score (nSPS) is 27.9. The van der Waals surface area contributed by atoms with Crippen LogP contribution < -0.4 is 0 Å². The highest BCUT2D eigenvalue weighted by Gasteiger charge is 2.56. The van der Waals surface area contributed by atoms with Crippen molar-refractivity contribution in [2.45, 2.75) is 69.8 Å². The average Bonchev–Trinajstić information content (AvgIpc) is 3.48. The molecule has 5 aliphatic rings. The molecule has 0 atom stereocenters. The molecule has 0 bridgehead atoms. The molecule has 6 nitrogen and oxygen atoms in total. The Morgan fingerprint density at radius 3 is 2.51 bits per heavy atom. The van der Waals surface area contributed by atoms with Gasteiger partial charge in [0.1, 0.15) is 5.82 Å². The van der Waals surface area contributed by atoms with Crippen molar-refractivity contribution < 1.29 is 18.0 Å². The Bertz CT molecular complexity index is 1190. The summed E-state index contributed by atoms with van der Waals surface area (Å²) in [5, 5.41) is 9.71. The molecule has 3 heterocycles. The van der Waals surface area contributed by atoms with Crippen molar-refractivity contribution >= 4 is 17.5 Å². The van der Waals surface area contributed by atoms with E-state index < -0.39 is 12.1 Å². The highest BCUT2D eigenvalue weighted by Crippen LogP contribution is 2.57. The van der Waals surface area contributed by atoms with Gasteiger partial charge in [0, 0.05) is 47.9 Å². The average molecular weight is 506 g/mol. The molecule has 2 aromatic rings. The van der Waals surface area contributed by atoms with Gasteiger partial charge in [0.2, 0.25) is 5.91 Å². The number of benzene rings is 1. The number of carbonyl (C=O) groups is 1. The number of likely N-dealkylation sites (tertiary alicyclic amines) is 1. The van der Waals surface area contributed by atoms with Crippen LogP contribution in [0.15, 0.2) is 18.2 Å². The molecule has 2 aliphatic heterocycles. The SMILES string of the molecule is O=C(C1CC1)N1CC2(CC(c3nnc4n3-c3ccc(Cl)cc3CN(C3CC(C(F)(F)F)C3)C4)C2)C1. The van der Waals surface area contributed by atoms with Crippen LogP contribution in [0.2, 0.25) is 5.02 Å². The molecule has 1 aromatic heterocycles. The molecule has 0 unspecified atom stereocenters. The van der Waals surface area contributed by atoms with E-state index in [-0.39, 0.29) is 36.1 Å². The van der Waals surface area contributed by atoms with Gasteiger partial charge in [-0.1, -0.05) is 11.6 Å². The third-order valence-electron chi connectivity index (χ3n) is 8.86. The smallest absolute Gasteiger partial charge is 0.341 e. The van der Waals surface area contributed by atoms with Crippen LogP contribution in [0.3, 0.4) is 0 Å². The number of rotatable bonds is 3. The maximum absolute atomic E-state index is 13.1. The van der Waals surface area contributed by atoms with Gasteiger partial charge in [-0.3, -0.25) is 14.3 Å². The highest BCUT2D eigenvalue weighted by molar-refractivity contribution is 6.30. The van der Waals surface area contributed by atoms with E-state index in [9.17, 15) is 18.0 Å². The molecule has 4 fully saturated rings. The van der Waals surface area contributed by atoms with Crippen molar-refractivity contribution in [1.29, 1.82) is 0 Å².